The van der Waals surface area contributed by atoms with Crippen molar-refractivity contribution in [1.82, 2.24) is 5.32 Å². The first kappa shape index (κ1) is 13.1. The Balaban J connectivity index is 1.76. The largest absolute Gasteiger partial charge is 0.481 e. The molecule has 0 aromatic heterocycles. The molecule has 1 aliphatic rings. The van der Waals surface area contributed by atoms with Crippen LogP contribution in [0.4, 0.5) is 0 Å². The highest BCUT2D eigenvalue weighted by molar-refractivity contribution is 5.76. The van der Waals surface area contributed by atoms with Crippen LogP contribution >= 0.6 is 0 Å². The topological polar surface area (TPSA) is 49.3 Å². The summed E-state index contributed by atoms with van der Waals surface area (Å²) in [6.45, 7) is 3.56. The lowest BCUT2D eigenvalue weighted by atomic mass is 9.69. The van der Waals surface area contributed by atoms with Gasteiger partial charge in [0.25, 0.3) is 0 Å². The molecule has 0 bridgehead atoms. The molecule has 3 nitrogen and oxygen atoms in total. The molecular formula is C15H21NO2. The van der Waals surface area contributed by atoms with Gasteiger partial charge in [-0.15, -0.1) is 0 Å². The van der Waals surface area contributed by atoms with Crippen molar-refractivity contribution in [1.29, 1.82) is 0 Å². The summed E-state index contributed by atoms with van der Waals surface area (Å²) in [6.07, 6.45) is 3.65. The molecule has 1 saturated carbocycles. The van der Waals surface area contributed by atoms with Gasteiger partial charge in [0.05, 0.1) is 5.41 Å². The summed E-state index contributed by atoms with van der Waals surface area (Å²) in [7, 11) is 0. The molecule has 1 aromatic rings. The second-order valence-corrected chi connectivity index (χ2v) is 5.29. The molecule has 1 aliphatic carbocycles. The summed E-state index contributed by atoms with van der Waals surface area (Å²) in [5.41, 5.74) is 2.16. The number of rotatable bonds is 6. The molecule has 1 aromatic carbocycles. The zero-order chi connectivity index (χ0) is 13.0. The molecule has 0 amide bonds. The van der Waals surface area contributed by atoms with Crippen LogP contribution in [0.25, 0.3) is 0 Å². The predicted octanol–water partition coefficient (Wildman–Crippen LogP) is 2.38. The number of carboxylic acid groups (broad SMARTS) is 1. The normalized spacial score (nSPS) is 17.2. The number of nitrogens with one attached hydrogen (secondary N) is 1. The Morgan fingerprint density at radius 1 is 1.39 bits per heavy atom. The van der Waals surface area contributed by atoms with Crippen molar-refractivity contribution in [2.75, 3.05) is 13.1 Å². The van der Waals surface area contributed by atoms with Crippen LogP contribution in [-0.4, -0.2) is 24.2 Å². The molecule has 18 heavy (non-hydrogen) atoms. The molecule has 0 unspecified atom stereocenters. The number of aryl methyl sites for hydroxylation is 1. The molecule has 0 saturated heterocycles. The number of hydrogen-bond donors (Lipinski definition) is 2. The molecule has 0 spiro atoms. The maximum Gasteiger partial charge on any atom is 0.310 e. The van der Waals surface area contributed by atoms with E-state index >= 15 is 0 Å². The molecular weight excluding hydrogens is 226 g/mol. The molecule has 0 heterocycles. The lowest BCUT2D eigenvalue weighted by molar-refractivity contribution is -0.154. The SMILES string of the molecule is Cc1ccccc1CCNCC1(C(=O)O)CCC1. The van der Waals surface area contributed by atoms with E-state index in [0.717, 1.165) is 32.2 Å². The Labute approximate surface area is 108 Å². The average Bonchev–Trinajstić information content (AvgIpc) is 2.28. The summed E-state index contributed by atoms with van der Waals surface area (Å²) in [4.78, 5) is 11.2. The number of hydrogen-bond acceptors (Lipinski definition) is 2. The number of carbonyl (C=O) groups is 1. The van der Waals surface area contributed by atoms with Crippen LogP contribution in [0.5, 0.6) is 0 Å². The lowest BCUT2D eigenvalue weighted by Gasteiger charge is -2.37. The monoisotopic (exact) mass is 247 g/mol. The Hall–Kier alpha value is -1.35. The van der Waals surface area contributed by atoms with Gasteiger partial charge in [0.15, 0.2) is 0 Å². The highest BCUT2D eigenvalue weighted by atomic mass is 16.4. The van der Waals surface area contributed by atoms with E-state index in [1.165, 1.54) is 11.1 Å². The van der Waals surface area contributed by atoms with E-state index in [4.69, 9.17) is 0 Å². The highest BCUT2D eigenvalue weighted by Crippen LogP contribution is 2.40. The van der Waals surface area contributed by atoms with Crippen molar-refractivity contribution in [2.24, 2.45) is 5.41 Å². The van der Waals surface area contributed by atoms with Crippen LogP contribution in [0.2, 0.25) is 0 Å². The molecule has 2 rings (SSSR count). The molecule has 0 radical (unpaired) electrons. The van der Waals surface area contributed by atoms with Gasteiger partial charge in [-0.25, -0.2) is 0 Å². The third-order valence-electron chi connectivity index (χ3n) is 4.06. The van der Waals surface area contributed by atoms with Crippen molar-refractivity contribution in [2.45, 2.75) is 32.6 Å². The van der Waals surface area contributed by atoms with Gasteiger partial charge in [-0.05, 0) is 43.9 Å². The van der Waals surface area contributed by atoms with Gasteiger partial charge in [-0.1, -0.05) is 30.7 Å². The summed E-state index contributed by atoms with van der Waals surface area (Å²) < 4.78 is 0. The zero-order valence-electron chi connectivity index (χ0n) is 10.9. The molecule has 0 atom stereocenters. The standard InChI is InChI=1S/C15H21NO2/c1-12-5-2-3-6-13(12)7-10-16-11-15(14(17)18)8-4-9-15/h2-3,5-6,16H,4,7-11H2,1H3,(H,17,18). The minimum absolute atomic E-state index is 0.480. The van der Waals surface area contributed by atoms with Crippen LogP contribution in [-0.2, 0) is 11.2 Å². The minimum Gasteiger partial charge on any atom is -0.481 e. The van der Waals surface area contributed by atoms with Gasteiger partial charge >= 0.3 is 5.97 Å². The number of carboxylic acids is 1. The van der Waals surface area contributed by atoms with E-state index in [1.807, 2.05) is 12.1 Å². The fourth-order valence-corrected chi connectivity index (χ4v) is 2.51. The van der Waals surface area contributed by atoms with Gasteiger partial charge in [0.1, 0.15) is 0 Å². The highest BCUT2D eigenvalue weighted by Gasteiger charge is 2.43. The quantitative estimate of drug-likeness (QED) is 0.759. The van der Waals surface area contributed by atoms with Crippen molar-refractivity contribution < 1.29 is 9.90 Å². The molecule has 1 fully saturated rings. The Kier molecular flexibility index (Phi) is 4.02. The van der Waals surface area contributed by atoms with Gasteiger partial charge < -0.3 is 10.4 Å². The molecule has 0 aliphatic heterocycles. The molecule has 2 N–H and O–H groups in total. The molecule has 98 valence electrons. The summed E-state index contributed by atoms with van der Waals surface area (Å²) in [6, 6.07) is 8.33. The second kappa shape index (κ2) is 5.53. The van der Waals surface area contributed by atoms with E-state index in [1.54, 1.807) is 0 Å². The lowest BCUT2D eigenvalue weighted by Crippen LogP contribution is -2.46. The average molecular weight is 247 g/mol. The second-order valence-electron chi connectivity index (χ2n) is 5.29. The maximum atomic E-state index is 11.2. The maximum absolute atomic E-state index is 11.2. The van der Waals surface area contributed by atoms with E-state index in [9.17, 15) is 9.90 Å². The van der Waals surface area contributed by atoms with Crippen molar-refractivity contribution in [3.63, 3.8) is 0 Å². The first-order valence-corrected chi connectivity index (χ1v) is 6.63. The summed E-state index contributed by atoms with van der Waals surface area (Å²) in [5, 5.41) is 12.5. The Bertz CT molecular complexity index is 424. The van der Waals surface area contributed by atoms with Gasteiger partial charge in [0, 0.05) is 6.54 Å². The molecule has 3 heteroatoms. The van der Waals surface area contributed by atoms with Crippen LogP contribution in [0, 0.1) is 12.3 Å². The van der Waals surface area contributed by atoms with Crippen LogP contribution in [0.1, 0.15) is 30.4 Å². The van der Waals surface area contributed by atoms with Gasteiger partial charge in [-0.3, -0.25) is 4.79 Å². The van der Waals surface area contributed by atoms with Gasteiger partial charge in [0.2, 0.25) is 0 Å². The van der Waals surface area contributed by atoms with E-state index < -0.39 is 11.4 Å². The summed E-state index contributed by atoms with van der Waals surface area (Å²) in [5.74, 6) is -0.642. The summed E-state index contributed by atoms with van der Waals surface area (Å²) >= 11 is 0. The van der Waals surface area contributed by atoms with Crippen molar-refractivity contribution >= 4 is 5.97 Å². The van der Waals surface area contributed by atoms with Crippen LogP contribution in [0.3, 0.4) is 0 Å². The smallest absolute Gasteiger partial charge is 0.310 e. The van der Waals surface area contributed by atoms with E-state index in [2.05, 4.69) is 24.4 Å². The van der Waals surface area contributed by atoms with Crippen molar-refractivity contribution in [3.05, 3.63) is 35.4 Å². The van der Waals surface area contributed by atoms with Crippen LogP contribution < -0.4 is 5.32 Å². The van der Waals surface area contributed by atoms with Crippen molar-refractivity contribution in [3.8, 4) is 0 Å². The third-order valence-corrected chi connectivity index (χ3v) is 4.06. The first-order chi connectivity index (χ1) is 8.64. The Morgan fingerprint density at radius 3 is 2.67 bits per heavy atom. The third kappa shape index (κ3) is 2.72. The van der Waals surface area contributed by atoms with E-state index in [-0.39, 0.29) is 0 Å². The predicted molar refractivity (Wildman–Crippen MR) is 71.7 cm³/mol. The fraction of sp³-hybridized carbons (Fsp3) is 0.533. The number of benzene rings is 1. The Morgan fingerprint density at radius 2 is 2.11 bits per heavy atom. The van der Waals surface area contributed by atoms with Crippen LogP contribution in [0.15, 0.2) is 24.3 Å². The first-order valence-electron chi connectivity index (χ1n) is 6.63. The van der Waals surface area contributed by atoms with E-state index in [0.29, 0.717) is 6.54 Å². The number of aliphatic carboxylic acids is 1. The minimum atomic E-state index is -0.642. The fourth-order valence-electron chi connectivity index (χ4n) is 2.51. The van der Waals surface area contributed by atoms with Gasteiger partial charge in [-0.2, -0.15) is 0 Å². The zero-order valence-corrected chi connectivity index (χ0v) is 10.9.